The molecule has 0 bridgehead atoms. The molecule has 2 atom stereocenters. The van der Waals surface area contributed by atoms with E-state index in [2.05, 4.69) is 15.3 Å². The van der Waals surface area contributed by atoms with Gasteiger partial charge in [-0.25, -0.2) is 23.5 Å². The molecule has 2 rings (SSSR count). The summed E-state index contributed by atoms with van der Waals surface area (Å²) >= 11 is 0. The lowest BCUT2D eigenvalue weighted by molar-refractivity contribution is -0.0223. The molecule has 1 fully saturated rings. The fraction of sp³-hybridized carbons (Fsp3) is 0.583. The lowest BCUT2D eigenvalue weighted by atomic mass is 10.2. The van der Waals surface area contributed by atoms with Crippen molar-refractivity contribution < 1.29 is 18.3 Å². The van der Waals surface area contributed by atoms with Gasteiger partial charge in [-0.15, -0.1) is 0 Å². The van der Waals surface area contributed by atoms with Crippen molar-refractivity contribution in [2.75, 3.05) is 20.3 Å². The van der Waals surface area contributed by atoms with E-state index in [4.69, 9.17) is 4.74 Å². The van der Waals surface area contributed by atoms with Crippen LogP contribution < -0.4 is 5.32 Å². The number of nitrogens with zero attached hydrogens (tertiary/aromatic N) is 3. The lowest BCUT2D eigenvalue weighted by Crippen LogP contribution is -2.51. The quantitative estimate of drug-likeness (QED) is 0.907. The molecule has 2 heterocycles. The molecule has 0 aliphatic carbocycles. The average Bonchev–Trinajstić information content (AvgIpc) is 2.77. The number of halogens is 2. The molecule has 0 radical (unpaired) electrons. The van der Waals surface area contributed by atoms with E-state index < -0.39 is 24.6 Å². The first-order valence-electron chi connectivity index (χ1n) is 6.16. The number of hydrogen-bond donors (Lipinski definition) is 1. The maximum absolute atomic E-state index is 13.4. The average molecular weight is 286 g/mol. The number of nitrogens with one attached hydrogen (secondary N) is 1. The molecule has 1 aromatic heterocycles. The van der Waals surface area contributed by atoms with E-state index in [1.807, 2.05) is 0 Å². The number of carbonyl (C=O) groups is 1. The number of aromatic nitrogens is 2. The van der Waals surface area contributed by atoms with Gasteiger partial charge in [0, 0.05) is 13.2 Å². The number of urea groups is 1. The van der Waals surface area contributed by atoms with Crippen LogP contribution >= 0.6 is 0 Å². The van der Waals surface area contributed by atoms with E-state index in [9.17, 15) is 13.6 Å². The predicted octanol–water partition coefficient (Wildman–Crippen LogP) is 1.21. The van der Waals surface area contributed by atoms with Crippen LogP contribution in [0.25, 0.3) is 0 Å². The number of carbonyl (C=O) groups excluding carboxylic acids is 1. The normalized spacial score (nSPS) is 22.3. The predicted molar refractivity (Wildman–Crippen MR) is 66.3 cm³/mol. The summed E-state index contributed by atoms with van der Waals surface area (Å²) in [6, 6.07) is -0.572. The first-order valence-corrected chi connectivity index (χ1v) is 6.16. The molecule has 0 unspecified atom stereocenters. The van der Waals surface area contributed by atoms with Gasteiger partial charge in [-0.2, -0.15) is 0 Å². The molecule has 1 aliphatic heterocycles. The molecule has 0 spiro atoms. The summed E-state index contributed by atoms with van der Waals surface area (Å²) in [4.78, 5) is 21.1. The van der Waals surface area contributed by atoms with Crippen molar-refractivity contribution >= 4 is 6.03 Å². The molecule has 0 saturated carbocycles. The van der Waals surface area contributed by atoms with Crippen LogP contribution in [-0.4, -0.2) is 53.1 Å². The van der Waals surface area contributed by atoms with Gasteiger partial charge in [-0.05, 0) is 13.0 Å². The molecule has 6 nitrogen and oxygen atoms in total. The molecule has 8 heteroatoms. The maximum Gasteiger partial charge on any atom is 0.318 e. The Bertz CT molecular complexity index is 472. The molecule has 0 aromatic carbocycles. The maximum atomic E-state index is 13.4. The Labute approximate surface area is 115 Å². The van der Waals surface area contributed by atoms with Gasteiger partial charge in [-0.1, -0.05) is 0 Å². The lowest BCUT2D eigenvalue weighted by Gasteiger charge is -2.27. The van der Waals surface area contributed by atoms with Crippen LogP contribution in [0.5, 0.6) is 0 Å². The second-order valence-electron chi connectivity index (χ2n) is 4.70. The number of amides is 2. The van der Waals surface area contributed by atoms with Crippen molar-refractivity contribution in [2.24, 2.45) is 0 Å². The van der Waals surface area contributed by atoms with Gasteiger partial charge in [0.15, 0.2) is 0 Å². The first-order chi connectivity index (χ1) is 9.42. The monoisotopic (exact) mass is 286 g/mol. The molecule has 1 saturated heterocycles. The second kappa shape index (κ2) is 5.66. The Morgan fingerprint density at radius 1 is 1.65 bits per heavy atom. The minimum absolute atomic E-state index is 0.186. The minimum atomic E-state index is -3.03. The summed E-state index contributed by atoms with van der Waals surface area (Å²) in [5.74, 6) is -3.03. The van der Waals surface area contributed by atoms with Crippen molar-refractivity contribution in [3.8, 4) is 0 Å². The molecule has 20 heavy (non-hydrogen) atoms. The summed E-state index contributed by atoms with van der Waals surface area (Å²) in [6.45, 7) is 0.906. The second-order valence-corrected chi connectivity index (χ2v) is 4.70. The summed E-state index contributed by atoms with van der Waals surface area (Å²) in [5.41, 5.74) is 0.632. The summed E-state index contributed by atoms with van der Waals surface area (Å²) in [6.07, 6.45) is 2.93. The Morgan fingerprint density at radius 3 is 2.95 bits per heavy atom. The fourth-order valence-corrected chi connectivity index (χ4v) is 1.86. The van der Waals surface area contributed by atoms with E-state index in [1.54, 1.807) is 19.2 Å². The van der Waals surface area contributed by atoms with Crippen LogP contribution in [0, 0.1) is 0 Å². The Morgan fingerprint density at radius 2 is 2.40 bits per heavy atom. The molecule has 1 aromatic rings. The van der Waals surface area contributed by atoms with E-state index in [-0.39, 0.29) is 12.6 Å². The van der Waals surface area contributed by atoms with Gasteiger partial charge in [-0.3, -0.25) is 0 Å². The van der Waals surface area contributed by atoms with Crippen molar-refractivity contribution in [3.63, 3.8) is 0 Å². The van der Waals surface area contributed by atoms with Gasteiger partial charge in [0.1, 0.15) is 19.0 Å². The van der Waals surface area contributed by atoms with Crippen LogP contribution in [0.3, 0.4) is 0 Å². The van der Waals surface area contributed by atoms with Gasteiger partial charge >= 0.3 is 6.03 Å². The first kappa shape index (κ1) is 14.6. The third kappa shape index (κ3) is 3.01. The Hall–Kier alpha value is -1.83. The van der Waals surface area contributed by atoms with E-state index in [1.165, 1.54) is 18.3 Å². The summed E-state index contributed by atoms with van der Waals surface area (Å²) in [5, 5.41) is 2.29. The van der Waals surface area contributed by atoms with Gasteiger partial charge in [0.25, 0.3) is 5.92 Å². The van der Waals surface area contributed by atoms with Crippen LogP contribution in [-0.2, 0) is 4.74 Å². The van der Waals surface area contributed by atoms with Gasteiger partial charge < -0.3 is 15.0 Å². The Kier molecular flexibility index (Phi) is 4.12. The molecule has 1 N–H and O–H groups in total. The van der Waals surface area contributed by atoms with Crippen molar-refractivity contribution in [1.29, 1.82) is 0 Å². The molecule has 1 aliphatic rings. The summed E-state index contributed by atoms with van der Waals surface area (Å²) in [7, 11) is 1.52. The van der Waals surface area contributed by atoms with E-state index in [0.29, 0.717) is 5.69 Å². The third-order valence-electron chi connectivity index (χ3n) is 3.32. The van der Waals surface area contributed by atoms with Crippen LogP contribution in [0.1, 0.15) is 18.7 Å². The third-order valence-corrected chi connectivity index (χ3v) is 3.32. The zero-order chi connectivity index (χ0) is 14.8. The highest BCUT2D eigenvalue weighted by atomic mass is 19.3. The SMILES string of the molecule is C[C@H](c1ccncn1)N(C)C(=O)N[C@H]1COCC1(F)F. The molecular weight excluding hydrogens is 270 g/mol. The topological polar surface area (TPSA) is 67.4 Å². The molecule has 110 valence electrons. The summed E-state index contributed by atoms with van der Waals surface area (Å²) < 4.78 is 31.4. The molecule has 2 amide bonds. The number of hydrogen-bond acceptors (Lipinski definition) is 4. The highest BCUT2D eigenvalue weighted by Crippen LogP contribution is 2.25. The highest BCUT2D eigenvalue weighted by molar-refractivity contribution is 5.74. The molecular formula is C12H16F2N4O2. The van der Waals surface area contributed by atoms with Crippen molar-refractivity contribution in [1.82, 2.24) is 20.2 Å². The highest BCUT2D eigenvalue weighted by Gasteiger charge is 2.46. The van der Waals surface area contributed by atoms with Crippen molar-refractivity contribution in [3.05, 3.63) is 24.3 Å². The van der Waals surface area contributed by atoms with Crippen LogP contribution in [0.4, 0.5) is 13.6 Å². The smallest absolute Gasteiger partial charge is 0.318 e. The fourth-order valence-electron chi connectivity index (χ4n) is 1.86. The zero-order valence-corrected chi connectivity index (χ0v) is 11.2. The number of rotatable bonds is 3. The standard InChI is InChI=1S/C12H16F2N4O2/c1-8(9-3-4-15-7-16-9)18(2)11(19)17-10-5-20-6-12(10,13)14/h3-4,7-8,10H,5-6H2,1-2H3,(H,17,19)/t8-,10+/m1/s1. The minimum Gasteiger partial charge on any atom is -0.373 e. The Balaban J connectivity index is 1.99. The van der Waals surface area contributed by atoms with Crippen LogP contribution in [0.2, 0.25) is 0 Å². The van der Waals surface area contributed by atoms with Gasteiger partial charge in [0.2, 0.25) is 0 Å². The van der Waals surface area contributed by atoms with Crippen LogP contribution in [0.15, 0.2) is 18.6 Å². The van der Waals surface area contributed by atoms with E-state index >= 15 is 0 Å². The van der Waals surface area contributed by atoms with Crippen molar-refractivity contribution in [2.45, 2.75) is 24.9 Å². The van der Waals surface area contributed by atoms with Gasteiger partial charge in [0.05, 0.1) is 18.3 Å². The largest absolute Gasteiger partial charge is 0.373 e. The van der Waals surface area contributed by atoms with E-state index in [0.717, 1.165) is 0 Å². The number of ether oxygens (including phenoxy) is 1. The zero-order valence-electron chi connectivity index (χ0n) is 11.2. The number of alkyl halides is 2.